The molecule has 230 valence electrons. The third-order valence-electron chi connectivity index (χ3n) is 7.09. The van der Waals surface area contributed by atoms with Gasteiger partial charge < -0.3 is 25.0 Å². The number of aromatic nitrogens is 1. The molecule has 1 aromatic heterocycles. The molecule has 0 radical (unpaired) electrons. The number of hydrogen-bond acceptors (Lipinski definition) is 8. The number of likely N-dealkylation sites (tertiary alicyclic amines) is 1. The monoisotopic (exact) mass is 608 g/mol. The van der Waals surface area contributed by atoms with Crippen molar-refractivity contribution in [3.8, 4) is 0 Å². The number of ether oxygens (including phenoxy) is 2. The van der Waals surface area contributed by atoms with Gasteiger partial charge in [0.25, 0.3) is 0 Å². The highest BCUT2D eigenvalue weighted by atomic mass is 32.1. The van der Waals surface area contributed by atoms with Gasteiger partial charge in [-0.1, -0.05) is 42.5 Å². The fourth-order valence-corrected chi connectivity index (χ4v) is 5.86. The quantitative estimate of drug-likeness (QED) is 0.273. The van der Waals surface area contributed by atoms with Crippen molar-refractivity contribution in [2.24, 2.45) is 11.8 Å². The molecule has 0 spiro atoms. The van der Waals surface area contributed by atoms with Gasteiger partial charge >= 0.3 is 12.2 Å². The van der Waals surface area contributed by atoms with Crippen LogP contribution in [0.25, 0.3) is 10.2 Å². The van der Waals surface area contributed by atoms with Crippen LogP contribution < -0.4 is 10.6 Å². The molecule has 11 heteroatoms. The van der Waals surface area contributed by atoms with Crippen molar-refractivity contribution in [3.63, 3.8) is 0 Å². The molecule has 0 aliphatic carbocycles. The molecule has 1 aliphatic rings. The van der Waals surface area contributed by atoms with Gasteiger partial charge in [-0.25, -0.2) is 14.6 Å². The zero-order valence-electron chi connectivity index (χ0n) is 25.0. The Labute approximate surface area is 256 Å². The minimum absolute atomic E-state index is 0.122. The Morgan fingerprint density at radius 1 is 1.00 bits per heavy atom. The van der Waals surface area contributed by atoms with Crippen molar-refractivity contribution in [1.29, 1.82) is 0 Å². The SMILES string of the molecule is CC(C)(C)OC(=O)N1CCC[C@H](C(=O)NCCC(CCNC(=O)OCc2ccccc2)C(=O)c2nc3ccccc3s2)C1. The van der Waals surface area contributed by atoms with E-state index in [2.05, 4.69) is 15.6 Å². The average Bonchev–Trinajstić information content (AvgIpc) is 3.43. The van der Waals surface area contributed by atoms with E-state index in [-0.39, 0.29) is 37.3 Å². The maximum absolute atomic E-state index is 13.5. The number of amides is 3. The van der Waals surface area contributed by atoms with Gasteiger partial charge in [0, 0.05) is 32.1 Å². The van der Waals surface area contributed by atoms with E-state index in [9.17, 15) is 19.2 Å². The summed E-state index contributed by atoms with van der Waals surface area (Å²) in [6.45, 7) is 6.95. The number of fused-ring (bicyclic) bond motifs is 1. The summed E-state index contributed by atoms with van der Waals surface area (Å²) in [6.07, 6.45) is 1.15. The molecule has 10 nitrogen and oxygen atoms in total. The number of hydrogen-bond donors (Lipinski definition) is 2. The number of Topliss-reactive ketones (excluding diaryl/α,β-unsaturated/α-hetero) is 1. The van der Waals surface area contributed by atoms with Crippen molar-refractivity contribution in [1.82, 2.24) is 20.5 Å². The Morgan fingerprint density at radius 2 is 1.70 bits per heavy atom. The first-order chi connectivity index (χ1) is 20.6. The lowest BCUT2D eigenvalue weighted by molar-refractivity contribution is -0.126. The number of thiazole rings is 1. The lowest BCUT2D eigenvalue weighted by Crippen LogP contribution is -2.47. The van der Waals surface area contributed by atoms with Crippen LogP contribution in [0.3, 0.4) is 0 Å². The number of piperidine rings is 1. The molecule has 2 N–H and O–H groups in total. The van der Waals surface area contributed by atoms with Gasteiger partial charge in [0.1, 0.15) is 12.2 Å². The maximum atomic E-state index is 13.5. The number of nitrogens with one attached hydrogen (secondary N) is 2. The largest absolute Gasteiger partial charge is 0.445 e. The molecule has 1 aliphatic heterocycles. The Morgan fingerprint density at radius 3 is 2.42 bits per heavy atom. The van der Waals surface area contributed by atoms with Gasteiger partial charge in [-0.2, -0.15) is 0 Å². The number of carbonyl (C=O) groups excluding carboxylic acids is 4. The smallest absolute Gasteiger partial charge is 0.410 e. The van der Waals surface area contributed by atoms with Crippen molar-refractivity contribution in [2.75, 3.05) is 26.2 Å². The molecule has 1 fully saturated rings. The number of nitrogens with zero attached hydrogens (tertiary/aromatic N) is 2. The molecule has 0 bridgehead atoms. The standard InChI is InChI=1S/C32H40N4O6S/c1-32(2,3)42-31(40)36-19-9-12-24(20-36)28(38)33-17-15-23(27(37)29-35-25-13-7-8-14-26(25)43-29)16-18-34-30(39)41-21-22-10-5-4-6-11-22/h4-8,10-11,13-14,23-24H,9,12,15-21H2,1-3H3,(H,33,38)(H,34,39)/t23?,24-/m0/s1. The molecule has 2 atom stereocenters. The van der Waals surface area contributed by atoms with Gasteiger partial charge in [-0.3, -0.25) is 9.59 Å². The first-order valence-corrected chi connectivity index (χ1v) is 15.5. The first kappa shape index (κ1) is 31.9. The molecular formula is C32H40N4O6S. The third kappa shape index (κ3) is 9.77. The maximum Gasteiger partial charge on any atom is 0.410 e. The Balaban J connectivity index is 1.31. The van der Waals surface area contributed by atoms with E-state index in [4.69, 9.17) is 9.47 Å². The van der Waals surface area contributed by atoms with E-state index < -0.39 is 23.7 Å². The van der Waals surface area contributed by atoms with Crippen LogP contribution in [0.4, 0.5) is 9.59 Å². The molecule has 1 unspecified atom stereocenters. The molecule has 3 amide bonds. The van der Waals surface area contributed by atoms with E-state index in [1.165, 1.54) is 11.3 Å². The van der Waals surface area contributed by atoms with Crippen molar-refractivity contribution < 1.29 is 28.7 Å². The summed E-state index contributed by atoms with van der Waals surface area (Å²) in [7, 11) is 0. The summed E-state index contributed by atoms with van der Waals surface area (Å²) >= 11 is 1.34. The number of ketones is 1. The molecule has 0 saturated carbocycles. The van der Waals surface area contributed by atoms with Crippen LogP contribution in [0.5, 0.6) is 0 Å². The summed E-state index contributed by atoms with van der Waals surface area (Å²) < 4.78 is 11.7. The predicted molar refractivity (Wildman–Crippen MR) is 165 cm³/mol. The molecule has 3 aromatic rings. The lowest BCUT2D eigenvalue weighted by Gasteiger charge is -2.33. The van der Waals surface area contributed by atoms with E-state index >= 15 is 0 Å². The van der Waals surface area contributed by atoms with Crippen LogP contribution in [0.15, 0.2) is 54.6 Å². The summed E-state index contributed by atoms with van der Waals surface area (Å²) in [6, 6.07) is 17.0. The topological polar surface area (TPSA) is 127 Å². The van der Waals surface area contributed by atoms with Crippen LogP contribution >= 0.6 is 11.3 Å². The van der Waals surface area contributed by atoms with Crippen molar-refractivity contribution in [3.05, 3.63) is 65.2 Å². The molecule has 2 aromatic carbocycles. The fourth-order valence-electron chi connectivity index (χ4n) is 4.88. The summed E-state index contributed by atoms with van der Waals surface area (Å²) in [5.41, 5.74) is 1.03. The number of carbonyl (C=O) groups is 4. The number of para-hydroxylation sites is 1. The second kappa shape index (κ2) is 15.0. The second-order valence-electron chi connectivity index (χ2n) is 11.7. The summed E-state index contributed by atoms with van der Waals surface area (Å²) in [5, 5.41) is 6.10. The van der Waals surface area contributed by atoms with Crippen LogP contribution in [-0.2, 0) is 20.9 Å². The number of rotatable bonds is 11. The molecule has 1 saturated heterocycles. The van der Waals surface area contributed by atoms with E-state index in [0.717, 1.165) is 15.8 Å². The first-order valence-electron chi connectivity index (χ1n) is 14.7. The van der Waals surface area contributed by atoms with Gasteiger partial charge in [-0.05, 0) is 64.2 Å². The van der Waals surface area contributed by atoms with E-state index in [1.54, 1.807) is 4.90 Å². The van der Waals surface area contributed by atoms with Crippen molar-refractivity contribution >= 4 is 45.4 Å². The minimum Gasteiger partial charge on any atom is -0.445 e. The van der Waals surface area contributed by atoms with Crippen LogP contribution in [0, 0.1) is 11.8 Å². The fraction of sp³-hybridized carbons (Fsp3) is 0.469. The van der Waals surface area contributed by atoms with Gasteiger partial charge in [0.15, 0.2) is 10.8 Å². The van der Waals surface area contributed by atoms with Crippen LogP contribution in [-0.4, -0.2) is 65.5 Å². The molecule has 2 heterocycles. The Hall–Kier alpha value is -3.99. The molecular weight excluding hydrogens is 568 g/mol. The Kier molecular flexibility index (Phi) is 11.1. The predicted octanol–water partition coefficient (Wildman–Crippen LogP) is 5.57. The minimum atomic E-state index is -0.607. The number of alkyl carbamates (subject to hydrolysis) is 1. The number of benzene rings is 2. The van der Waals surface area contributed by atoms with Crippen LogP contribution in [0.2, 0.25) is 0 Å². The Bertz CT molecular complexity index is 1370. The van der Waals surface area contributed by atoms with Gasteiger partial charge in [0.2, 0.25) is 5.91 Å². The van der Waals surface area contributed by atoms with E-state index in [0.29, 0.717) is 43.8 Å². The van der Waals surface area contributed by atoms with E-state index in [1.807, 2.05) is 75.4 Å². The summed E-state index contributed by atoms with van der Waals surface area (Å²) in [4.78, 5) is 57.5. The average molecular weight is 609 g/mol. The zero-order chi connectivity index (χ0) is 30.8. The van der Waals surface area contributed by atoms with Gasteiger partial charge in [0.05, 0.1) is 16.1 Å². The lowest BCUT2D eigenvalue weighted by atomic mass is 9.95. The second-order valence-corrected chi connectivity index (χ2v) is 12.7. The highest BCUT2D eigenvalue weighted by Crippen LogP contribution is 2.26. The summed E-state index contributed by atoms with van der Waals surface area (Å²) in [5.74, 6) is -1.09. The van der Waals surface area contributed by atoms with Crippen LogP contribution in [0.1, 0.15) is 61.8 Å². The third-order valence-corrected chi connectivity index (χ3v) is 8.14. The molecule has 4 rings (SSSR count). The normalized spacial score (nSPS) is 15.9. The highest BCUT2D eigenvalue weighted by Gasteiger charge is 2.31. The van der Waals surface area contributed by atoms with Crippen molar-refractivity contribution in [2.45, 2.75) is 58.7 Å². The highest BCUT2D eigenvalue weighted by molar-refractivity contribution is 7.20. The van der Waals surface area contributed by atoms with Gasteiger partial charge in [-0.15, -0.1) is 11.3 Å². The zero-order valence-corrected chi connectivity index (χ0v) is 25.8. The molecule has 43 heavy (non-hydrogen) atoms.